The van der Waals surface area contributed by atoms with Crippen LogP contribution >= 0.6 is 12.4 Å². The molecular formula is C16H21ClN2O3. The summed E-state index contributed by atoms with van der Waals surface area (Å²) in [5.74, 6) is 0.112. The second-order valence-corrected chi connectivity index (χ2v) is 5.68. The minimum Gasteiger partial charge on any atom is -0.423 e. The van der Waals surface area contributed by atoms with Gasteiger partial charge in [0.25, 0.3) is 0 Å². The fourth-order valence-corrected chi connectivity index (χ4v) is 2.25. The summed E-state index contributed by atoms with van der Waals surface area (Å²) in [6.45, 7) is 5.87. The number of rotatable bonds is 4. The predicted octanol–water partition coefficient (Wildman–Crippen LogP) is 2.84. The Bertz CT molecular complexity index is 725. The zero-order valence-electron chi connectivity index (χ0n) is 12.9. The van der Waals surface area contributed by atoms with E-state index >= 15 is 0 Å². The molecule has 0 aliphatic carbocycles. The van der Waals surface area contributed by atoms with E-state index in [-0.39, 0.29) is 18.3 Å². The van der Waals surface area contributed by atoms with Crippen LogP contribution in [0.4, 0.5) is 5.69 Å². The SMILES string of the molecule is Cc1cc(=O)oc2cc(NC(=O)[C@@H](N)CC(C)C)ccc12.Cl. The first-order chi connectivity index (χ1) is 9.86. The number of benzene rings is 1. The number of amides is 1. The minimum absolute atomic E-state index is 0. The molecule has 22 heavy (non-hydrogen) atoms. The molecule has 0 aliphatic heterocycles. The molecule has 6 heteroatoms. The van der Waals surface area contributed by atoms with Crippen molar-refractivity contribution < 1.29 is 9.21 Å². The molecule has 2 aromatic rings. The number of hydrogen-bond donors (Lipinski definition) is 2. The Morgan fingerprint density at radius 1 is 1.32 bits per heavy atom. The van der Waals surface area contributed by atoms with Gasteiger partial charge in [-0.05, 0) is 37.0 Å². The molecule has 0 saturated heterocycles. The zero-order valence-corrected chi connectivity index (χ0v) is 13.7. The van der Waals surface area contributed by atoms with E-state index in [9.17, 15) is 9.59 Å². The molecular weight excluding hydrogens is 304 g/mol. The summed E-state index contributed by atoms with van der Waals surface area (Å²) in [6, 6.07) is 6.13. The van der Waals surface area contributed by atoms with Gasteiger partial charge in [0, 0.05) is 23.2 Å². The molecule has 2 rings (SSSR count). The van der Waals surface area contributed by atoms with Crippen molar-refractivity contribution in [1.82, 2.24) is 0 Å². The van der Waals surface area contributed by atoms with Crippen LogP contribution in [-0.4, -0.2) is 11.9 Å². The van der Waals surface area contributed by atoms with Crippen LogP contribution in [-0.2, 0) is 4.79 Å². The van der Waals surface area contributed by atoms with Crippen LogP contribution in [0.25, 0.3) is 11.0 Å². The van der Waals surface area contributed by atoms with E-state index in [0.717, 1.165) is 10.9 Å². The number of carbonyl (C=O) groups is 1. The maximum absolute atomic E-state index is 12.0. The van der Waals surface area contributed by atoms with Gasteiger partial charge in [0.2, 0.25) is 5.91 Å². The lowest BCUT2D eigenvalue weighted by Crippen LogP contribution is -2.36. The molecule has 3 N–H and O–H groups in total. The lowest BCUT2D eigenvalue weighted by Gasteiger charge is -2.14. The number of nitrogens with two attached hydrogens (primary N) is 1. The molecule has 0 spiro atoms. The maximum atomic E-state index is 12.0. The Hall–Kier alpha value is -1.85. The van der Waals surface area contributed by atoms with Gasteiger partial charge in [-0.1, -0.05) is 13.8 Å². The highest BCUT2D eigenvalue weighted by atomic mass is 35.5. The molecule has 1 atom stereocenters. The Balaban J connectivity index is 0.00000242. The van der Waals surface area contributed by atoms with Crippen LogP contribution in [0.3, 0.4) is 0 Å². The average molecular weight is 325 g/mol. The second-order valence-electron chi connectivity index (χ2n) is 5.68. The molecule has 1 heterocycles. The lowest BCUT2D eigenvalue weighted by molar-refractivity contribution is -0.117. The van der Waals surface area contributed by atoms with Crippen molar-refractivity contribution in [2.75, 3.05) is 5.32 Å². The molecule has 0 bridgehead atoms. The molecule has 1 aromatic heterocycles. The van der Waals surface area contributed by atoms with Gasteiger partial charge in [-0.3, -0.25) is 4.79 Å². The van der Waals surface area contributed by atoms with Gasteiger partial charge >= 0.3 is 5.63 Å². The number of hydrogen-bond acceptors (Lipinski definition) is 4. The van der Waals surface area contributed by atoms with Crippen molar-refractivity contribution in [3.8, 4) is 0 Å². The molecule has 0 fully saturated rings. The van der Waals surface area contributed by atoms with Gasteiger partial charge in [-0.25, -0.2) is 4.79 Å². The van der Waals surface area contributed by atoms with Crippen LogP contribution in [0.15, 0.2) is 33.5 Å². The van der Waals surface area contributed by atoms with Gasteiger partial charge < -0.3 is 15.5 Å². The van der Waals surface area contributed by atoms with E-state index in [1.807, 2.05) is 26.8 Å². The fourth-order valence-electron chi connectivity index (χ4n) is 2.25. The zero-order chi connectivity index (χ0) is 15.6. The second kappa shape index (κ2) is 7.42. The molecule has 5 nitrogen and oxygen atoms in total. The topological polar surface area (TPSA) is 85.3 Å². The van der Waals surface area contributed by atoms with E-state index in [4.69, 9.17) is 10.2 Å². The Morgan fingerprint density at radius 2 is 2.00 bits per heavy atom. The van der Waals surface area contributed by atoms with Gasteiger partial charge in [-0.2, -0.15) is 0 Å². The van der Waals surface area contributed by atoms with Crippen LogP contribution in [0.2, 0.25) is 0 Å². The molecule has 0 saturated carbocycles. The summed E-state index contributed by atoms with van der Waals surface area (Å²) >= 11 is 0. The largest absolute Gasteiger partial charge is 0.423 e. The van der Waals surface area contributed by atoms with E-state index in [1.54, 1.807) is 12.1 Å². The number of carbonyl (C=O) groups excluding carboxylic acids is 1. The monoisotopic (exact) mass is 324 g/mol. The van der Waals surface area contributed by atoms with Gasteiger partial charge in [-0.15, -0.1) is 12.4 Å². The first-order valence-corrected chi connectivity index (χ1v) is 6.98. The summed E-state index contributed by atoms with van der Waals surface area (Å²) in [6.07, 6.45) is 0.619. The Labute approximate surface area is 135 Å². The predicted molar refractivity (Wildman–Crippen MR) is 90.5 cm³/mol. The molecule has 1 aromatic carbocycles. The van der Waals surface area contributed by atoms with E-state index in [0.29, 0.717) is 23.6 Å². The van der Waals surface area contributed by atoms with Gasteiger partial charge in [0.15, 0.2) is 0 Å². The minimum atomic E-state index is -0.551. The third kappa shape index (κ3) is 4.32. The molecule has 1 amide bonds. The first kappa shape index (κ1) is 18.2. The summed E-state index contributed by atoms with van der Waals surface area (Å²) in [4.78, 5) is 23.4. The third-order valence-electron chi connectivity index (χ3n) is 3.28. The highest BCUT2D eigenvalue weighted by Crippen LogP contribution is 2.21. The third-order valence-corrected chi connectivity index (χ3v) is 3.28. The molecule has 0 radical (unpaired) electrons. The van der Waals surface area contributed by atoms with E-state index in [2.05, 4.69) is 5.32 Å². The van der Waals surface area contributed by atoms with Crippen molar-refractivity contribution in [2.45, 2.75) is 33.2 Å². The van der Waals surface area contributed by atoms with Crippen LogP contribution in [0, 0.1) is 12.8 Å². The number of fused-ring (bicyclic) bond motifs is 1. The maximum Gasteiger partial charge on any atom is 0.336 e. The van der Waals surface area contributed by atoms with Crippen molar-refractivity contribution >= 4 is 35.0 Å². The van der Waals surface area contributed by atoms with Crippen LogP contribution in [0.5, 0.6) is 0 Å². The highest BCUT2D eigenvalue weighted by molar-refractivity contribution is 5.96. The molecule has 120 valence electrons. The molecule has 0 unspecified atom stereocenters. The Kier molecular flexibility index (Phi) is 6.14. The van der Waals surface area contributed by atoms with Crippen LogP contribution < -0.4 is 16.7 Å². The van der Waals surface area contributed by atoms with E-state index < -0.39 is 11.7 Å². The number of aryl methyl sites for hydroxylation is 1. The van der Waals surface area contributed by atoms with Gasteiger partial charge in [0.05, 0.1) is 6.04 Å². The standard InChI is InChI=1S/C16H20N2O3.ClH/c1-9(2)6-13(17)16(20)18-11-4-5-12-10(3)7-15(19)21-14(12)8-11;/h4-5,7-9,13H,6,17H2,1-3H3,(H,18,20);1H/t13-;/m0./s1. The van der Waals surface area contributed by atoms with Crippen molar-refractivity contribution in [3.63, 3.8) is 0 Å². The highest BCUT2D eigenvalue weighted by Gasteiger charge is 2.15. The normalized spacial score (nSPS) is 12.0. The fraction of sp³-hybridized carbons (Fsp3) is 0.375. The van der Waals surface area contributed by atoms with Crippen LogP contribution in [0.1, 0.15) is 25.8 Å². The number of nitrogens with one attached hydrogen (secondary N) is 1. The van der Waals surface area contributed by atoms with E-state index in [1.165, 1.54) is 6.07 Å². The smallest absolute Gasteiger partial charge is 0.336 e. The quantitative estimate of drug-likeness (QED) is 0.847. The van der Waals surface area contributed by atoms with Crippen molar-refractivity contribution in [1.29, 1.82) is 0 Å². The van der Waals surface area contributed by atoms with Crippen molar-refractivity contribution in [2.24, 2.45) is 11.7 Å². The molecule has 0 aliphatic rings. The Morgan fingerprint density at radius 3 is 2.64 bits per heavy atom. The lowest BCUT2D eigenvalue weighted by atomic mass is 10.0. The first-order valence-electron chi connectivity index (χ1n) is 6.98. The summed E-state index contributed by atoms with van der Waals surface area (Å²) in [5, 5.41) is 3.60. The summed E-state index contributed by atoms with van der Waals surface area (Å²) in [7, 11) is 0. The van der Waals surface area contributed by atoms with Gasteiger partial charge in [0.1, 0.15) is 5.58 Å². The summed E-state index contributed by atoms with van der Waals surface area (Å²) < 4.78 is 5.15. The summed E-state index contributed by atoms with van der Waals surface area (Å²) in [5.41, 5.74) is 7.31. The number of halogens is 1. The average Bonchev–Trinajstić information content (AvgIpc) is 2.37. The van der Waals surface area contributed by atoms with Crippen molar-refractivity contribution in [3.05, 3.63) is 40.2 Å². The number of anilines is 1.